The molecule has 0 bridgehead atoms. The normalized spacial score (nSPS) is 12.4. The second kappa shape index (κ2) is 6.50. The number of hydrogen-bond donors (Lipinski definition) is 1. The van der Waals surface area contributed by atoms with Crippen LogP contribution in [0.25, 0.3) is 0 Å². The summed E-state index contributed by atoms with van der Waals surface area (Å²) in [7, 11) is 0. The van der Waals surface area contributed by atoms with E-state index in [1.165, 1.54) is 5.56 Å². The SMILES string of the molecule is CCC/C(C)=N/NC(=O)c1ccc(C(C)(C)C)cc1. The molecule has 0 radical (unpaired) electrons. The van der Waals surface area contributed by atoms with Crippen LogP contribution in [0.5, 0.6) is 0 Å². The zero-order chi connectivity index (χ0) is 14.5. The molecule has 1 rings (SSSR count). The molecule has 0 aliphatic carbocycles. The van der Waals surface area contributed by atoms with E-state index >= 15 is 0 Å². The van der Waals surface area contributed by atoms with Gasteiger partial charge in [0.25, 0.3) is 5.91 Å². The van der Waals surface area contributed by atoms with Crippen LogP contribution in [0.4, 0.5) is 0 Å². The molecule has 1 aromatic carbocycles. The zero-order valence-electron chi connectivity index (χ0n) is 12.6. The molecule has 0 aliphatic rings. The van der Waals surface area contributed by atoms with E-state index in [2.05, 4.69) is 38.2 Å². The number of carbonyl (C=O) groups is 1. The molecule has 3 heteroatoms. The first kappa shape index (κ1) is 15.4. The van der Waals surface area contributed by atoms with Gasteiger partial charge in [-0.1, -0.05) is 46.2 Å². The summed E-state index contributed by atoms with van der Waals surface area (Å²) >= 11 is 0. The van der Waals surface area contributed by atoms with Crippen LogP contribution in [-0.2, 0) is 5.41 Å². The largest absolute Gasteiger partial charge is 0.271 e. The van der Waals surface area contributed by atoms with Gasteiger partial charge in [-0.3, -0.25) is 4.79 Å². The molecule has 0 aromatic heterocycles. The smallest absolute Gasteiger partial charge is 0.267 e. The van der Waals surface area contributed by atoms with Crippen molar-refractivity contribution < 1.29 is 4.79 Å². The molecule has 0 atom stereocenters. The van der Waals surface area contributed by atoms with Crippen molar-refractivity contribution in [3.63, 3.8) is 0 Å². The first-order valence-corrected chi connectivity index (χ1v) is 6.78. The summed E-state index contributed by atoms with van der Waals surface area (Å²) in [4.78, 5) is 11.9. The lowest BCUT2D eigenvalue weighted by atomic mass is 9.87. The van der Waals surface area contributed by atoms with Crippen LogP contribution in [0.2, 0.25) is 0 Å². The summed E-state index contributed by atoms with van der Waals surface area (Å²) in [5.74, 6) is -0.157. The Morgan fingerprint density at radius 1 is 1.21 bits per heavy atom. The van der Waals surface area contributed by atoms with Crippen LogP contribution in [0.1, 0.15) is 63.4 Å². The van der Waals surface area contributed by atoms with E-state index in [-0.39, 0.29) is 11.3 Å². The van der Waals surface area contributed by atoms with Gasteiger partial charge in [0.05, 0.1) is 0 Å². The summed E-state index contributed by atoms with van der Waals surface area (Å²) in [6.45, 7) is 10.5. The van der Waals surface area contributed by atoms with Gasteiger partial charge in [0.2, 0.25) is 0 Å². The summed E-state index contributed by atoms with van der Waals surface area (Å²) in [6, 6.07) is 7.69. The van der Waals surface area contributed by atoms with Crippen LogP contribution in [0.3, 0.4) is 0 Å². The second-order valence-electron chi connectivity index (χ2n) is 5.87. The number of rotatable bonds is 4. The minimum atomic E-state index is -0.157. The fraction of sp³-hybridized carbons (Fsp3) is 0.500. The van der Waals surface area contributed by atoms with Crippen molar-refractivity contribution in [2.75, 3.05) is 0 Å². The number of carbonyl (C=O) groups excluding carboxylic acids is 1. The third-order valence-corrected chi connectivity index (χ3v) is 2.97. The van der Waals surface area contributed by atoms with Crippen molar-refractivity contribution >= 4 is 11.6 Å². The van der Waals surface area contributed by atoms with E-state index in [0.29, 0.717) is 5.56 Å². The Balaban J connectivity index is 2.71. The van der Waals surface area contributed by atoms with Gasteiger partial charge in [0, 0.05) is 11.3 Å². The average molecular weight is 260 g/mol. The summed E-state index contributed by atoms with van der Waals surface area (Å²) in [6.07, 6.45) is 1.94. The van der Waals surface area contributed by atoms with Gasteiger partial charge in [-0.15, -0.1) is 0 Å². The third-order valence-electron chi connectivity index (χ3n) is 2.97. The van der Waals surface area contributed by atoms with Crippen molar-refractivity contribution in [1.82, 2.24) is 5.43 Å². The lowest BCUT2D eigenvalue weighted by Gasteiger charge is -2.18. The molecule has 0 saturated heterocycles. The molecule has 0 saturated carbocycles. The van der Waals surface area contributed by atoms with Crippen molar-refractivity contribution in [3.05, 3.63) is 35.4 Å². The predicted octanol–water partition coefficient (Wildman–Crippen LogP) is 3.89. The fourth-order valence-electron chi connectivity index (χ4n) is 1.75. The van der Waals surface area contributed by atoms with Crippen molar-refractivity contribution in [2.24, 2.45) is 5.10 Å². The molecular weight excluding hydrogens is 236 g/mol. The Hall–Kier alpha value is -1.64. The molecule has 0 aliphatic heterocycles. The van der Waals surface area contributed by atoms with Gasteiger partial charge in [0.1, 0.15) is 0 Å². The molecule has 1 amide bonds. The van der Waals surface area contributed by atoms with E-state index in [0.717, 1.165) is 18.6 Å². The van der Waals surface area contributed by atoms with Crippen LogP contribution in [0, 0.1) is 0 Å². The number of amides is 1. The molecule has 0 unspecified atom stereocenters. The molecule has 1 aromatic rings. The lowest BCUT2D eigenvalue weighted by Crippen LogP contribution is -2.19. The quantitative estimate of drug-likeness (QED) is 0.647. The second-order valence-corrected chi connectivity index (χ2v) is 5.87. The molecule has 104 valence electrons. The van der Waals surface area contributed by atoms with Gasteiger partial charge < -0.3 is 0 Å². The van der Waals surface area contributed by atoms with Crippen molar-refractivity contribution in [3.8, 4) is 0 Å². The Morgan fingerprint density at radius 2 is 1.79 bits per heavy atom. The Bertz CT molecular complexity index is 453. The highest BCUT2D eigenvalue weighted by Crippen LogP contribution is 2.22. The van der Waals surface area contributed by atoms with Crippen molar-refractivity contribution in [1.29, 1.82) is 0 Å². The maximum absolute atomic E-state index is 11.9. The summed E-state index contributed by atoms with van der Waals surface area (Å²) in [5.41, 5.74) is 5.50. The van der Waals surface area contributed by atoms with Gasteiger partial charge in [-0.05, 0) is 36.5 Å². The molecule has 0 spiro atoms. The van der Waals surface area contributed by atoms with E-state index in [4.69, 9.17) is 0 Å². The standard InChI is InChI=1S/C16H24N2O/c1-6-7-12(2)17-18-15(19)13-8-10-14(11-9-13)16(3,4)5/h8-11H,6-7H2,1-5H3,(H,18,19)/b17-12+. The van der Waals surface area contributed by atoms with E-state index < -0.39 is 0 Å². The Morgan fingerprint density at radius 3 is 2.26 bits per heavy atom. The third kappa shape index (κ3) is 4.86. The van der Waals surface area contributed by atoms with E-state index in [9.17, 15) is 4.79 Å². The topological polar surface area (TPSA) is 41.5 Å². The minimum absolute atomic E-state index is 0.102. The lowest BCUT2D eigenvalue weighted by molar-refractivity contribution is 0.0954. The molecule has 0 fully saturated rings. The van der Waals surface area contributed by atoms with Crippen LogP contribution in [0.15, 0.2) is 29.4 Å². The molecule has 0 heterocycles. The van der Waals surface area contributed by atoms with Crippen molar-refractivity contribution in [2.45, 2.75) is 52.9 Å². The van der Waals surface area contributed by atoms with Crippen LogP contribution >= 0.6 is 0 Å². The van der Waals surface area contributed by atoms with E-state index in [1.807, 2.05) is 31.2 Å². The number of nitrogens with one attached hydrogen (secondary N) is 1. The first-order valence-electron chi connectivity index (χ1n) is 6.78. The van der Waals surface area contributed by atoms with Crippen LogP contribution < -0.4 is 5.43 Å². The average Bonchev–Trinajstić information content (AvgIpc) is 2.35. The van der Waals surface area contributed by atoms with Crippen LogP contribution in [-0.4, -0.2) is 11.6 Å². The number of benzene rings is 1. The summed E-state index contributed by atoms with van der Waals surface area (Å²) < 4.78 is 0. The first-order chi connectivity index (χ1) is 8.84. The molecular formula is C16H24N2O. The monoisotopic (exact) mass is 260 g/mol. The maximum atomic E-state index is 11.9. The zero-order valence-corrected chi connectivity index (χ0v) is 12.6. The maximum Gasteiger partial charge on any atom is 0.271 e. The summed E-state index contributed by atoms with van der Waals surface area (Å²) in [5, 5.41) is 4.08. The Labute approximate surface area is 116 Å². The molecule has 3 nitrogen and oxygen atoms in total. The van der Waals surface area contributed by atoms with Gasteiger partial charge in [0.15, 0.2) is 0 Å². The minimum Gasteiger partial charge on any atom is -0.267 e. The molecule has 19 heavy (non-hydrogen) atoms. The number of hydrazone groups is 1. The highest BCUT2D eigenvalue weighted by atomic mass is 16.2. The van der Waals surface area contributed by atoms with E-state index in [1.54, 1.807) is 0 Å². The van der Waals surface area contributed by atoms with Gasteiger partial charge in [-0.25, -0.2) is 5.43 Å². The van der Waals surface area contributed by atoms with Gasteiger partial charge >= 0.3 is 0 Å². The fourth-order valence-corrected chi connectivity index (χ4v) is 1.75. The highest BCUT2D eigenvalue weighted by molar-refractivity contribution is 5.95. The molecule has 1 N–H and O–H groups in total. The number of nitrogens with zero attached hydrogens (tertiary/aromatic N) is 1. The Kier molecular flexibility index (Phi) is 5.28. The predicted molar refractivity (Wildman–Crippen MR) is 80.6 cm³/mol. The number of hydrogen-bond acceptors (Lipinski definition) is 2. The highest BCUT2D eigenvalue weighted by Gasteiger charge is 2.14. The van der Waals surface area contributed by atoms with Gasteiger partial charge in [-0.2, -0.15) is 5.10 Å².